The minimum absolute atomic E-state index is 0. The smallest absolute Gasteiger partial charge is 0.716 e. The van der Waals surface area contributed by atoms with Crippen LogP contribution < -0.4 is 203 Å². The van der Waals surface area contributed by atoms with Gasteiger partial charge in [-0.3, -0.25) is 4.79 Å². The Hall–Kier alpha value is 1.93. The van der Waals surface area contributed by atoms with Crippen LogP contribution in [-0.4, -0.2) is 87.7 Å². The summed E-state index contributed by atoms with van der Waals surface area (Å²) >= 11 is 0. The van der Waals surface area contributed by atoms with E-state index in [0.29, 0.717) is 12.1 Å². The van der Waals surface area contributed by atoms with E-state index in [-0.39, 0.29) is 206 Å². The monoisotopic (exact) mass is 893 g/mol. The summed E-state index contributed by atoms with van der Waals surface area (Å²) in [4.78, 5) is 25.7. The van der Waals surface area contributed by atoms with E-state index in [1.807, 2.05) is 0 Å². The van der Waals surface area contributed by atoms with Gasteiger partial charge in [0.15, 0.2) is 23.0 Å². The van der Waals surface area contributed by atoms with E-state index in [2.05, 4.69) is 20.9 Å². The fourth-order valence-corrected chi connectivity index (χ4v) is 5.52. The molecule has 0 N–H and O–H groups in total. The Morgan fingerprint density at radius 1 is 0.538 bits per heavy atom. The Kier molecular flexibility index (Phi) is 26.7. The fraction of sp³-hybridized carbons (Fsp3) is 0.176. The number of hydrogen-bond donors (Lipinski definition) is 0. The summed E-state index contributed by atoms with van der Waals surface area (Å²) in [6, 6.07) is -0.874. The summed E-state index contributed by atoms with van der Waals surface area (Å²) < 4.78 is 187. The van der Waals surface area contributed by atoms with Gasteiger partial charge >= 0.3 is 177 Å². The van der Waals surface area contributed by atoms with Gasteiger partial charge in [-0.15, -0.1) is 0 Å². The molecule has 24 nitrogen and oxygen atoms in total. The third-order valence-corrected chi connectivity index (χ3v) is 7.06. The molecule has 1 aliphatic heterocycles. The molecule has 0 saturated heterocycles. The number of carboxylic acid groups (broad SMARTS) is 1. The molecule has 35 heteroatoms. The van der Waals surface area contributed by atoms with Crippen LogP contribution in [0, 0.1) is 0 Å². The van der Waals surface area contributed by atoms with Gasteiger partial charge in [0, 0.05) is 12.1 Å². The molecule has 0 radical (unpaired) electrons. The Bertz CT molecular complexity index is 2130. The van der Waals surface area contributed by atoms with Crippen molar-refractivity contribution in [2.75, 3.05) is 0 Å². The van der Waals surface area contributed by atoms with Crippen LogP contribution in [-0.2, 0) is 69.8 Å². The number of benzene rings is 2. The molecule has 0 fully saturated rings. The van der Waals surface area contributed by atoms with E-state index in [1.54, 1.807) is 0 Å². The van der Waals surface area contributed by atoms with Crippen molar-refractivity contribution < 1.29 is 278 Å². The van der Waals surface area contributed by atoms with Crippen LogP contribution in [0.25, 0.3) is 0 Å². The van der Waals surface area contributed by atoms with Crippen molar-refractivity contribution >= 4 is 63.9 Å². The number of carboxylic acids is 1. The zero-order valence-electron chi connectivity index (χ0n) is 27.2. The summed E-state index contributed by atoms with van der Waals surface area (Å²) in [5, 5.41) is 12.0. The second kappa shape index (κ2) is 22.9. The number of nitrogens with zero attached hydrogens (tertiary/aromatic N) is 1. The third kappa shape index (κ3) is 19.6. The number of hydrogen-bond acceptors (Lipinski definition) is 23. The number of aliphatic carboxylic acids is 1. The summed E-state index contributed by atoms with van der Waals surface area (Å²) in [5.41, 5.74) is -1.81. The largest absolute Gasteiger partial charge is 1.00 e. The van der Waals surface area contributed by atoms with Crippen molar-refractivity contribution in [1.82, 2.24) is 4.90 Å². The molecular weight excluding hydrogens is 884 g/mol. The van der Waals surface area contributed by atoms with E-state index in [9.17, 15) is 79.5 Å². The Labute approximate surface area is 427 Å². The molecule has 3 rings (SSSR count). The molecule has 0 saturated carbocycles. The summed E-state index contributed by atoms with van der Waals surface area (Å²) in [7, 11) is -29.3. The van der Waals surface area contributed by atoms with Crippen LogP contribution in [0.3, 0.4) is 0 Å². The summed E-state index contributed by atoms with van der Waals surface area (Å²) in [6.45, 7) is -1.01. The second-order valence-corrected chi connectivity index (χ2v) is 13.2. The first-order chi connectivity index (χ1) is 20.6. The van der Waals surface area contributed by atoms with Crippen molar-refractivity contribution in [3.05, 3.63) is 41.0 Å². The molecule has 1 heterocycles. The third-order valence-electron chi connectivity index (χ3n) is 5.15. The zero-order chi connectivity index (χ0) is 35.2. The van der Waals surface area contributed by atoms with Crippen LogP contribution in [0.1, 0.15) is 21.5 Å². The molecule has 0 spiro atoms. The Balaban J connectivity index is -0.00000192. The van der Waals surface area contributed by atoms with E-state index in [4.69, 9.17) is 0 Å². The molecule has 1 aliphatic rings. The van der Waals surface area contributed by atoms with Gasteiger partial charge in [0.25, 0.3) is 57.9 Å². The quantitative estimate of drug-likeness (QED) is 0.108. The average molecular weight is 894 g/mol. The van der Waals surface area contributed by atoms with Crippen molar-refractivity contribution in [2.24, 2.45) is 0 Å². The maximum Gasteiger partial charge on any atom is 1.00 e. The van der Waals surface area contributed by atoms with Crippen molar-refractivity contribution in [1.29, 1.82) is 0 Å². The summed E-state index contributed by atoms with van der Waals surface area (Å²) in [6.07, 6.45) is -0.894. The number of carbonyl (C=O) groups excluding carboxylic acids is 2. The van der Waals surface area contributed by atoms with Gasteiger partial charge in [0.2, 0.25) is 5.75 Å². The molecule has 2 aromatic carbocycles. The molecule has 52 heavy (non-hydrogen) atoms. The Morgan fingerprint density at radius 3 is 1.19 bits per heavy atom. The second-order valence-electron chi connectivity index (χ2n) is 8.30. The first-order valence-corrected chi connectivity index (χ1v) is 17.4. The maximum absolute atomic E-state index is 13.5. The predicted octanol–water partition coefficient (Wildman–Crippen LogP) is -22.8. The molecule has 256 valence electrons. The van der Waals surface area contributed by atoms with Crippen LogP contribution in [0.5, 0.6) is 28.7 Å². The predicted molar refractivity (Wildman–Crippen MR) is 127 cm³/mol. The van der Waals surface area contributed by atoms with Crippen LogP contribution in [0.15, 0.2) is 24.3 Å². The van der Waals surface area contributed by atoms with Gasteiger partial charge in [-0.2, -0.15) is 0 Å². The van der Waals surface area contributed by atoms with E-state index in [0.717, 1.165) is 0 Å². The van der Waals surface area contributed by atoms with Crippen LogP contribution in [0.4, 0.5) is 0 Å². The molecule has 1 amide bonds. The molecule has 0 unspecified atom stereocenters. The Morgan fingerprint density at radius 2 is 0.865 bits per heavy atom. The molecule has 0 bridgehead atoms. The van der Waals surface area contributed by atoms with Gasteiger partial charge in [-0.25, -0.2) is 42.1 Å². The summed E-state index contributed by atoms with van der Waals surface area (Å²) in [5.74, 6) is -11.6. The minimum atomic E-state index is -6.00. The fourth-order valence-electron chi connectivity index (χ4n) is 3.76. The van der Waals surface area contributed by atoms with Gasteiger partial charge in [0.05, 0.1) is 12.0 Å². The molecule has 0 aromatic heterocycles. The van der Waals surface area contributed by atoms with Gasteiger partial charge in [-0.1, -0.05) is 0 Å². The maximum atomic E-state index is 13.5. The van der Waals surface area contributed by atoms with Crippen LogP contribution in [0.2, 0.25) is 0 Å². The molecule has 2 aromatic rings. The standard InChI is InChI=1S/C17H15NO23S5.6Na/c19-16(8-3-13(39-44(28,29)30)15(41-46(34,35)36)14(4-8)40-45(31,32)33)18-6-9-5-12(38-43(25,26)27)11(37-42(22,23)24)2-7(9)1-10(18)17(20)21;;;;;;/h2-5,10H,1,6H2,(H,20,21)(H,22,23,24)(H,25,26,27)(H,28,29,30)(H,31,32,33)(H,34,35,36);;;;;;/q;6*+1/p-6/t10-;;;;;;/m0....../s1. The van der Waals surface area contributed by atoms with E-state index >= 15 is 0 Å². The van der Waals surface area contributed by atoms with Crippen molar-refractivity contribution in [2.45, 2.75) is 19.0 Å². The SMILES string of the molecule is O=C([O-])[C@@H]1Cc2cc(OS(=O)(=O)[O-])c(OS(=O)(=O)[O-])cc2CN1C(=O)c1cc(OS(=O)(=O)[O-])c(OS(=O)(=O)[O-])c(OS(=O)(=O)[O-])c1.[Na+].[Na+].[Na+].[Na+].[Na+].[Na+]. The first kappa shape index (κ1) is 60.6. The van der Waals surface area contributed by atoms with E-state index in [1.165, 1.54) is 0 Å². The van der Waals surface area contributed by atoms with Gasteiger partial charge < -0.3 is 58.5 Å². The first-order valence-electron chi connectivity index (χ1n) is 10.7. The topological polar surface area (TPSA) is 393 Å². The van der Waals surface area contributed by atoms with Crippen molar-refractivity contribution in [3.8, 4) is 28.7 Å². The number of rotatable bonds is 12. The van der Waals surface area contributed by atoms with Crippen molar-refractivity contribution in [3.63, 3.8) is 0 Å². The molecule has 1 atom stereocenters. The molecular formula is C17H9NNa6O23S5. The van der Waals surface area contributed by atoms with Gasteiger partial charge in [0.1, 0.15) is 0 Å². The van der Waals surface area contributed by atoms with Gasteiger partial charge in [-0.05, 0) is 41.8 Å². The minimum Gasteiger partial charge on any atom is -0.716 e. The molecule has 0 aliphatic carbocycles. The zero-order valence-corrected chi connectivity index (χ0v) is 43.3. The normalized spacial score (nSPS) is 13.9. The average Bonchev–Trinajstić information content (AvgIpc) is 2.80. The van der Waals surface area contributed by atoms with E-state index < -0.39 is 117 Å². The number of amides is 1. The van der Waals surface area contributed by atoms with Crippen LogP contribution >= 0.6 is 0 Å². The number of carbonyl (C=O) groups is 2. The number of fused-ring (bicyclic) bond motifs is 1.